The van der Waals surface area contributed by atoms with Crippen LogP contribution in [0, 0.1) is 11.2 Å². The van der Waals surface area contributed by atoms with Crippen molar-refractivity contribution in [2.75, 3.05) is 33.4 Å². The SMILES string of the molecule is COCC1(CNC(=O)Cc2ccccc2F)CCNCC1. The zero-order chi connectivity index (χ0) is 15.1. The number of carbonyl (C=O) groups excluding carboxylic acids is 1. The first-order valence-corrected chi connectivity index (χ1v) is 7.35. The first-order chi connectivity index (χ1) is 10.2. The molecule has 21 heavy (non-hydrogen) atoms. The number of benzene rings is 1. The van der Waals surface area contributed by atoms with Crippen LogP contribution in [0.4, 0.5) is 4.39 Å². The fraction of sp³-hybridized carbons (Fsp3) is 0.562. The summed E-state index contributed by atoms with van der Waals surface area (Å²) >= 11 is 0. The molecule has 1 saturated heterocycles. The number of hydrogen-bond donors (Lipinski definition) is 2. The van der Waals surface area contributed by atoms with Crippen LogP contribution in [0.25, 0.3) is 0 Å². The van der Waals surface area contributed by atoms with Crippen molar-refractivity contribution in [3.05, 3.63) is 35.6 Å². The summed E-state index contributed by atoms with van der Waals surface area (Å²) in [5.74, 6) is -0.477. The van der Waals surface area contributed by atoms with E-state index in [9.17, 15) is 9.18 Å². The highest BCUT2D eigenvalue weighted by atomic mass is 19.1. The van der Waals surface area contributed by atoms with Crippen molar-refractivity contribution in [1.82, 2.24) is 10.6 Å². The van der Waals surface area contributed by atoms with Gasteiger partial charge in [-0.1, -0.05) is 18.2 Å². The van der Waals surface area contributed by atoms with Gasteiger partial charge in [-0.2, -0.15) is 0 Å². The standard InChI is InChI=1S/C16H23FN2O2/c1-21-12-16(6-8-18-9-7-16)11-19-15(20)10-13-4-2-3-5-14(13)17/h2-5,18H,6-12H2,1H3,(H,19,20). The van der Waals surface area contributed by atoms with Crippen LogP contribution in [-0.4, -0.2) is 39.3 Å². The second kappa shape index (κ2) is 7.52. The third kappa shape index (κ3) is 4.51. The molecule has 0 radical (unpaired) electrons. The first kappa shape index (κ1) is 15.9. The Labute approximate surface area is 125 Å². The summed E-state index contributed by atoms with van der Waals surface area (Å²) in [7, 11) is 1.69. The number of methoxy groups -OCH3 is 1. The summed E-state index contributed by atoms with van der Waals surface area (Å²) in [4.78, 5) is 12.0. The summed E-state index contributed by atoms with van der Waals surface area (Å²) in [5.41, 5.74) is 0.423. The van der Waals surface area contributed by atoms with E-state index < -0.39 is 0 Å². The Morgan fingerprint density at radius 3 is 2.76 bits per heavy atom. The lowest BCUT2D eigenvalue weighted by molar-refractivity contribution is -0.121. The van der Waals surface area contributed by atoms with Crippen molar-refractivity contribution < 1.29 is 13.9 Å². The Morgan fingerprint density at radius 1 is 1.38 bits per heavy atom. The highest BCUT2D eigenvalue weighted by Crippen LogP contribution is 2.28. The van der Waals surface area contributed by atoms with E-state index in [1.54, 1.807) is 25.3 Å². The van der Waals surface area contributed by atoms with Crippen LogP contribution in [0.5, 0.6) is 0 Å². The molecule has 0 atom stereocenters. The van der Waals surface area contributed by atoms with E-state index in [4.69, 9.17) is 4.74 Å². The van der Waals surface area contributed by atoms with Crippen LogP contribution in [0.2, 0.25) is 0 Å². The van der Waals surface area contributed by atoms with E-state index in [0.717, 1.165) is 25.9 Å². The molecule has 1 heterocycles. The Morgan fingerprint density at radius 2 is 2.10 bits per heavy atom. The molecule has 1 aliphatic rings. The molecule has 2 N–H and O–H groups in total. The maximum atomic E-state index is 13.5. The molecule has 5 heteroatoms. The topological polar surface area (TPSA) is 50.4 Å². The molecule has 116 valence electrons. The number of halogens is 1. The van der Waals surface area contributed by atoms with E-state index in [1.165, 1.54) is 6.07 Å². The van der Waals surface area contributed by atoms with Crippen LogP contribution in [0.1, 0.15) is 18.4 Å². The monoisotopic (exact) mass is 294 g/mol. The smallest absolute Gasteiger partial charge is 0.224 e. The van der Waals surface area contributed by atoms with Gasteiger partial charge in [-0.05, 0) is 37.6 Å². The van der Waals surface area contributed by atoms with Crippen molar-refractivity contribution in [3.8, 4) is 0 Å². The molecule has 0 unspecified atom stereocenters. The molecule has 1 aromatic carbocycles. The van der Waals surface area contributed by atoms with Gasteiger partial charge in [0, 0.05) is 19.1 Å². The van der Waals surface area contributed by atoms with Crippen molar-refractivity contribution >= 4 is 5.91 Å². The predicted octanol–water partition coefficient (Wildman–Crippen LogP) is 1.50. The number of piperidine rings is 1. The Kier molecular flexibility index (Phi) is 5.70. The Hall–Kier alpha value is -1.46. The van der Waals surface area contributed by atoms with Gasteiger partial charge >= 0.3 is 0 Å². The number of nitrogens with one attached hydrogen (secondary N) is 2. The van der Waals surface area contributed by atoms with Crippen LogP contribution in [0.15, 0.2) is 24.3 Å². The number of amides is 1. The van der Waals surface area contributed by atoms with Gasteiger partial charge in [-0.25, -0.2) is 4.39 Å². The minimum Gasteiger partial charge on any atom is -0.384 e. The number of rotatable bonds is 6. The van der Waals surface area contributed by atoms with E-state index in [0.29, 0.717) is 18.7 Å². The van der Waals surface area contributed by atoms with Crippen molar-refractivity contribution in [3.63, 3.8) is 0 Å². The third-order valence-corrected chi connectivity index (χ3v) is 4.08. The van der Waals surface area contributed by atoms with Crippen molar-refractivity contribution in [2.24, 2.45) is 5.41 Å². The largest absolute Gasteiger partial charge is 0.384 e. The summed E-state index contributed by atoms with van der Waals surface area (Å²) in [6.45, 7) is 3.09. The minimum atomic E-state index is -0.332. The molecular formula is C16H23FN2O2. The maximum Gasteiger partial charge on any atom is 0.224 e. The molecule has 0 spiro atoms. The van der Waals surface area contributed by atoms with E-state index in [-0.39, 0.29) is 23.6 Å². The number of carbonyl (C=O) groups is 1. The Bertz CT molecular complexity index is 468. The van der Waals surface area contributed by atoms with Gasteiger partial charge in [0.05, 0.1) is 13.0 Å². The van der Waals surface area contributed by atoms with Gasteiger partial charge in [0.2, 0.25) is 5.91 Å². The maximum absolute atomic E-state index is 13.5. The average Bonchev–Trinajstić information content (AvgIpc) is 2.49. The van der Waals surface area contributed by atoms with E-state index in [2.05, 4.69) is 10.6 Å². The molecule has 2 rings (SSSR count). The fourth-order valence-corrected chi connectivity index (χ4v) is 2.80. The molecular weight excluding hydrogens is 271 g/mol. The van der Waals surface area contributed by atoms with Gasteiger partial charge in [-0.3, -0.25) is 4.79 Å². The summed E-state index contributed by atoms with van der Waals surface area (Å²) in [6.07, 6.45) is 2.02. The van der Waals surface area contributed by atoms with Crippen LogP contribution >= 0.6 is 0 Å². The minimum absolute atomic E-state index is 0.00904. The molecule has 0 bridgehead atoms. The number of ether oxygens (including phenoxy) is 1. The second-order valence-electron chi connectivity index (χ2n) is 5.73. The van der Waals surface area contributed by atoms with Crippen LogP contribution in [0.3, 0.4) is 0 Å². The zero-order valence-electron chi connectivity index (χ0n) is 12.5. The van der Waals surface area contributed by atoms with E-state index in [1.807, 2.05) is 0 Å². The molecule has 1 fully saturated rings. The molecule has 1 aliphatic heterocycles. The van der Waals surface area contributed by atoms with Gasteiger partial charge < -0.3 is 15.4 Å². The highest BCUT2D eigenvalue weighted by molar-refractivity contribution is 5.78. The summed E-state index contributed by atoms with van der Waals surface area (Å²) in [6, 6.07) is 6.39. The van der Waals surface area contributed by atoms with Gasteiger partial charge in [0.1, 0.15) is 5.82 Å². The van der Waals surface area contributed by atoms with Crippen LogP contribution < -0.4 is 10.6 Å². The molecule has 1 amide bonds. The first-order valence-electron chi connectivity index (χ1n) is 7.35. The molecule has 0 aliphatic carbocycles. The quantitative estimate of drug-likeness (QED) is 0.836. The lowest BCUT2D eigenvalue weighted by Gasteiger charge is -2.37. The average molecular weight is 294 g/mol. The normalized spacial score (nSPS) is 17.4. The number of hydrogen-bond acceptors (Lipinski definition) is 3. The molecule has 0 aromatic heterocycles. The zero-order valence-corrected chi connectivity index (χ0v) is 12.5. The lowest BCUT2D eigenvalue weighted by atomic mass is 9.79. The molecule has 4 nitrogen and oxygen atoms in total. The van der Waals surface area contributed by atoms with E-state index >= 15 is 0 Å². The third-order valence-electron chi connectivity index (χ3n) is 4.08. The molecule has 1 aromatic rings. The van der Waals surface area contributed by atoms with Crippen LogP contribution in [-0.2, 0) is 16.0 Å². The lowest BCUT2D eigenvalue weighted by Crippen LogP contribution is -2.47. The molecule has 0 saturated carbocycles. The van der Waals surface area contributed by atoms with Crippen molar-refractivity contribution in [2.45, 2.75) is 19.3 Å². The summed E-state index contributed by atoms with van der Waals surface area (Å²) in [5, 5.41) is 6.26. The highest BCUT2D eigenvalue weighted by Gasteiger charge is 2.32. The predicted molar refractivity (Wildman–Crippen MR) is 79.5 cm³/mol. The second-order valence-corrected chi connectivity index (χ2v) is 5.73. The van der Waals surface area contributed by atoms with Gasteiger partial charge in [0.25, 0.3) is 0 Å². The van der Waals surface area contributed by atoms with Gasteiger partial charge in [-0.15, -0.1) is 0 Å². The fourth-order valence-electron chi connectivity index (χ4n) is 2.80. The van der Waals surface area contributed by atoms with Gasteiger partial charge in [0.15, 0.2) is 0 Å². The van der Waals surface area contributed by atoms with Crippen molar-refractivity contribution in [1.29, 1.82) is 0 Å². The summed E-state index contributed by atoms with van der Waals surface area (Å²) < 4.78 is 18.8. The Balaban J connectivity index is 1.88.